The average Bonchev–Trinajstić information content (AvgIpc) is 3.03. The van der Waals surface area contributed by atoms with E-state index < -0.39 is 0 Å². The van der Waals surface area contributed by atoms with E-state index in [9.17, 15) is 4.79 Å². The largest absolute Gasteiger partial charge is 0.350 e. The minimum Gasteiger partial charge on any atom is -0.350 e. The monoisotopic (exact) mass is 357 g/mol. The van der Waals surface area contributed by atoms with Crippen molar-refractivity contribution in [1.82, 2.24) is 24.9 Å². The van der Waals surface area contributed by atoms with Crippen LogP contribution >= 0.6 is 11.6 Å². The van der Waals surface area contributed by atoms with Crippen LogP contribution < -0.4 is 5.32 Å². The molecule has 0 aliphatic heterocycles. The van der Waals surface area contributed by atoms with Crippen LogP contribution in [0.4, 0.5) is 0 Å². The minimum absolute atomic E-state index is 0.0232. The Morgan fingerprint density at radius 2 is 2.08 bits per heavy atom. The zero-order chi connectivity index (χ0) is 18.0. The molecule has 0 bridgehead atoms. The van der Waals surface area contributed by atoms with Gasteiger partial charge in [0.25, 0.3) is 5.78 Å². The molecule has 0 aliphatic rings. The summed E-state index contributed by atoms with van der Waals surface area (Å²) in [6.07, 6.45) is 2.45. The molecule has 3 rings (SSSR count). The molecule has 0 spiro atoms. The second-order valence-corrected chi connectivity index (χ2v) is 6.45. The molecule has 25 heavy (non-hydrogen) atoms. The minimum atomic E-state index is -0.140. The molecule has 1 amide bonds. The first-order valence-electron chi connectivity index (χ1n) is 8.17. The van der Waals surface area contributed by atoms with E-state index in [-0.39, 0.29) is 11.9 Å². The lowest BCUT2D eigenvalue weighted by atomic mass is 10.1. The predicted octanol–water partition coefficient (Wildman–Crippen LogP) is 3.20. The van der Waals surface area contributed by atoms with Gasteiger partial charge in [0.1, 0.15) is 6.33 Å². The van der Waals surface area contributed by atoms with Crippen molar-refractivity contribution >= 4 is 23.3 Å². The zero-order valence-electron chi connectivity index (χ0n) is 14.5. The van der Waals surface area contributed by atoms with Crippen molar-refractivity contribution in [1.29, 1.82) is 0 Å². The second-order valence-electron chi connectivity index (χ2n) is 6.04. The lowest BCUT2D eigenvalue weighted by molar-refractivity contribution is -0.121. The van der Waals surface area contributed by atoms with Crippen molar-refractivity contribution in [3.63, 3.8) is 0 Å². The molecule has 6 nitrogen and oxygen atoms in total. The van der Waals surface area contributed by atoms with Crippen LogP contribution in [0.1, 0.15) is 41.9 Å². The fourth-order valence-corrected chi connectivity index (χ4v) is 3.27. The van der Waals surface area contributed by atoms with Crippen LogP contribution in [-0.4, -0.2) is 25.5 Å². The highest BCUT2D eigenvalue weighted by atomic mass is 35.5. The molecule has 1 N–H and O–H groups in total. The molecule has 0 radical (unpaired) electrons. The number of halogens is 1. The summed E-state index contributed by atoms with van der Waals surface area (Å²) in [5.41, 5.74) is 3.78. The van der Waals surface area contributed by atoms with E-state index in [0.717, 1.165) is 22.5 Å². The average molecular weight is 358 g/mol. The van der Waals surface area contributed by atoms with Gasteiger partial charge < -0.3 is 5.32 Å². The van der Waals surface area contributed by atoms with Gasteiger partial charge >= 0.3 is 0 Å². The van der Waals surface area contributed by atoms with Gasteiger partial charge in [0.2, 0.25) is 5.91 Å². The first kappa shape index (κ1) is 17.4. The van der Waals surface area contributed by atoms with Crippen molar-refractivity contribution in [2.45, 2.75) is 39.7 Å². The van der Waals surface area contributed by atoms with Crippen LogP contribution in [0.15, 0.2) is 30.6 Å². The van der Waals surface area contributed by atoms with Gasteiger partial charge in [0.15, 0.2) is 0 Å². The number of amides is 1. The maximum atomic E-state index is 12.3. The molecule has 0 unspecified atom stereocenters. The summed E-state index contributed by atoms with van der Waals surface area (Å²) in [5, 5.41) is 7.83. The Kier molecular flexibility index (Phi) is 4.99. The molecular formula is C18H20ClN5O. The molecular weight excluding hydrogens is 338 g/mol. The number of nitrogens with zero attached hydrogens (tertiary/aromatic N) is 4. The molecule has 0 saturated heterocycles. The maximum Gasteiger partial charge on any atom is 0.252 e. The van der Waals surface area contributed by atoms with E-state index in [1.807, 2.05) is 45.0 Å². The maximum absolute atomic E-state index is 12.3. The zero-order valence-corrected chi connectivity index (χ0v) is 15.2. The quantitative estimate of drug-likeness (QED) is 0.761. The highest BCUT2D eigenvalue weighted by Gasteiger charge is 2.15. The Bertz CT molecular complexity index is 921. The normalized spacial score (nSPS) is 12.3. The fourth-order valence-electron chi connectivity index (χ4n) is 2.97. The fraction of sp³-hybridized carbons (Fsp3) is 0.333. The van der Waals surface area contributed by atoms with Crippen molar-refractivity contribution in [3.8, 4) is 0 Å². The van der Waals surface area contributed by atoms with Gasteiger partial charge in [-0.15, -0.1) is 0 Å². The van der Waals surface area contributed by atoms with Crippen molar-refractivity contribution in [2.24, 2.45) is 0 Å². The molecule has 130 valence electrons. The molecule has 0 aliphatic carbocycles. The number of aromatic nitrogens is 4. The van der Waals surface area contributed by atoms with Crippen LogP contribution in [-0.2, 0) is 11.2 Å². The summed E-state index contributed by atoms with van der Waals surface area (Å²) in [5.74, 6) is 0.556. The number of rotatable bonds is 5. The topological polar surface area (TPSA) is 72.2 Å². The highest BCUT2D eigenvalue weighted by molar-refractivity contribution is 6.31. The Balaban J connectivity index is 1.68. The van der Waals surface area contributed by atoms with Crippen LogP contribution in [0.25, 0.3) is 5.78 Å². The summed E-state index contributed by atoms with van der Waals surface area (Å²) >= 11 is 6.19. The van der Waals surface area contributed by atoms with Crippen molar-refractivity contribution in [3.05, 3.63) is 58.1 Å². The summed E-state index contributed by atoms with van der Waals surface area (Å²) in [6.45, 7) is 5.83. The molecule has 7 heteroatoms. The van der Waals surface area contributed by atoms with E-state index in [0.29, 0.717) is 23.6 Å². The Hall–Kier alpha value is -2.47. The summed E-state index contributed by atoms with van der Waals surface area (Å²) in [7, 11) is 0. The number of carbonyl (C=O) groups excluding carboxylic acids is 1. The number of nitrogens with one attached hydrogen (secondary N) is 1. The number of fused-ring (bicyclic) bond motifs is 1. The SMILES string of the molecule is Cc1nc2ncnn2c(C)c1CCC(=O)N[C@@H](C)c1ccccc1Cl. The first-order valence-corrected chi connectivity index (χ1v) is 8.54. The lowest BCUT2D eigenvalue weighted by Crippen LogP contribution is -2.27. The smallest absolute Gasteiger partial charge is 0.252 e. The van der Waals surface area contributed by atoms with Gasteiger partial charge in [0, 0.05) is 22.8 Å². The van der Waals surface area contributed by atoms with E-state index in [2.05, 4.69) is 20.4 Å². The highest BCUT2D eigenvalue weighted by Crippen LogP contribution is 2.22. The molecule has 3 aromatic rings. The van der Waals surface area contributed by atoms with Crippen molar-refractivity contribution in [2.75, 3.05) is 0 Å². The van der Waals surface area contributed by atoms with Gasteiger partial charge in [-0.3, -0.25) is 4.79 Å². The third-order valence-electron chi connectivity index (χ3n) is 4.34. The molecule has 2 aromatic heterocycles. The predicted molar refractivity (Wildman–Crippen MR) is 96.6 cm³/mol. The molecule has 1 aromatic carbocycles. The van der Waals surface area contributed by atoms with Gasteiger partial charge in [-0.05, 0) is 44.4 Å². The van der Waals surface area contributed by atoms with Gasteiger partial charge in [0.05, 0.1) is 6.04 Å². The first-order chi connectivity index (χ1) is 12.0. The Morgan fingerprint density at radius 1 is 1.32 bits per heavy atom. The summed E-state index contributed by atoms with van der Waals surface area (Å²) in [6, 6.07) is 7.39. The Labute approximate surface area is 151 Å². The Morgan fingerprint density at radius 3 is 2.84 bits per heavy atom. The molecule has 1 atom stereocenters. The van der Waals surface area contributed by atoms with Gasteiger partial charge in [-0.2, -0.15) is 10.1 Å². The van der Waals surface area contributed by atoms with E-state index >= 15 is 0 Å². The number of hydrogen-bond acceptors (Lipinski definition) is 4. The lowest BCUT2D eigenvalue weighted by Gasteiger charge is -2.16. The third-order valence-corrected chi connectivity index (χ3v) is 4.68. The summed E-state index contributed by atoms with van der Waals surface area (Å²) in [4.78, 5) is 20.9. The van der Waals surface area contributed by atoms with E-state index in [1.165, 1.54) is 6.33 Å². The molecule has 0 saturated carbocycles. The van der Waals surface area contributed by atoms with Crippen LogP contribution in [0.2, 0.25) is 5.02 Å². The molecule has 0 fully saturated rings. The van der Waals surface area contributed by atoms with Crippen LogP contribution in [0.5, 0.6) is 0 Å². The number of benzene rings is 1. The van der Waals surface area contributed by atoms with Crippen LogP contribution in [0, 0.1) is 13.8 Å². The summed E-state index contributed by atoms with van der Waals surface area (Å²) < 4.78 is 1.70. The van der Waals surface area contributed by atoms with Gasteiger partial charge in [-0.25, -0.2) is 9.50 Å². The van der Waals surface area contributed by atoms with Crippen molar-refractivity contribution < 1.29 is 4.79 Å². The third kappa shape index (κ3) is 3.64. The standard InChI is InChI=1S/C18H20ClN5O/c1-11-14(13(3)24-18(23-11)20-10-21-24)8-9-17(25)22-12(2)15-6-4-5-7-16(15)19/h4-7,10,12H,8-9H2,1-3H3,(H,22,25)/t12-/m0/s1. The van der Waals surface area contributed by atoms with E-state index in [1.54, 1.807) is 4.52 Å². The van der Waals surface area contributed by atoms with Gasteiger partial charge in [-0.1, -0.05) is 29.8 Å². The van der Waals surface area contributed by atoms with E-state index in [4.69, 9.17) is 11.6 Å². The molecule has 2 heterocycles. The second kappa shape index (κ2) is 7.19. The van der Waals surface area contributed by atoms with Crippen LogP contribution in [0.3, 0.4) is 0 Å². The number of aryl methyl sites for hydroxylation is 2. The number of carbonyl (C=O) groups is 1. The number of hydrogen-bond donors (Lipinski definition) is 1.